The molecule has 41 heavy (non-hydrogen) atoms. The highest BCUT2D eigenvalue weighted by atomic mass is 127. The van der Waals surface area contributed by atoms with Crippen molar-refractivity contribution in [1.82, 2.24) is 35.5 Å². The maximum atomic E-state index is 12.6. The first-order valence-electron chi connectivity index (χ1n) is 12.4. The van der Waals surface area contributed by atoms with E-state index in [-0.39, 0.29) is 16.8 Å². The molecule has 0 aliphatic carbocycles. The predicted octanol–water partition coefficient (Wildman–Crippen LogP) is 1.86. The molecule has 4 heterocycles. The van der Waals surface area contributed by atoms with Crippen LogP contribution in [0, 0.1) is 0 Å². The third-order valence-corrected chi connectivity index (χ3v) is 6.78. The van der Waals surface area contributed by atoms with Gasteiger partial charge in [0.1, 0.15) is 24.6 Å². The Labute approximate surface area is 246 Å². The fourth-order valence-electron chi connectivity index (χ4n) is 4.50. The van der Waals surface area contributed by atoms with Crippen molar-refractivity contribution in [3.63, 3.8) is 0 Å². The van der Waals surface area contributed by atoms with Crippen LogP contribution in [0.4, 0.5) is 25.9 Å². The van der Waals surface area contributed by atoms with Crippen molar-refractivity contribution < 1.29 is 33.4 Å². The number of hydrogen-bond acceptors (Lipinski definition) is 10. The normalized spacial score (nSPS) is 22.5. The first kappa shape index (κ1) is 28.6. The number of urea groups is 3. The highest BCUT2D eigenvalue weighted by Crippen LogP contribution is 2.43. The van der Waals surface area contributed by atoms with Crippen LogP contribution in [-0.4, -0.2) is 78.6 Å². The van der Waals surface area contributed by atoms with Gasteiger partial charge in [0.05, 0.1) is 10.8 Å². The summed E-state index contributed by atoms with van der Waals surface area (Å²) >= 11 is 1.79. The number of benzene rings is 1. The molecule has 2 aromatic heterocycles. The lowest BCUT2D eigenvalue weighted by Crippen LogP contribution is -2.49. The van der Waals surface area contributed by atoms with E-state index in [0.717, 1.165) is 0 Å². The van der Waals surface area contributed by atoms with Gasteiger partial charge < -0.3 is 24.8 Å². The molecule has 2 aliphatic rings. The van der Waals surface area contributed by atoms with Gasteiger partial charge in [-0.3, -0.25) is 25.3 Å². The first-order valence-corrected chi connectivity index (χ1v) is 13.9. The summed E-state index contributed by atoms with van der Waals surface area (Å²) in [6.45, 7) is 3.48. The van der Waals surface area contributed by atoms with Gasteiger partial charge in [0, 0.05) is 12.2 Å². The Morgan fingerprint density at radius 2 is 1.71 bits per heavy atom. The Balaban J connectivity index is 1.30. The minimum atomic E-state index is -0.944. The second kappa shape index (κ2) is 11.9. The van der Waals surface area contributed by atoms with Gasteiger partial charge in [-0.1, -0.05) is 40.8 Å². The second-order valence-electron chi connectivity index (χ2n) is 9.47. The third-order valence-electron chi connectivity index (χ3n) is 6.09. The summed E-state index contributed by atoms with van der Waals surface area (Å²) in [6, 6.07) is 6.66. The van der Waals surface area contributed by atoms with E-state index in [0.29, 0.717) is 16.9 Å². The zero-order valence-electron chi connectivity index (χ0n) is 21.8. The van der Waals surface area contributed by atoms with Crippen molar-refractivity contribution in [3.05, 3.63) is 43.0 Å². The Morgan fingerprint density at radius 1 is 0.951 bits per heavy atom. The topological polar surface area (TPSA) is 200 Å². The number of nitrogens with one attached hydrogen (secondary N) is 5. The fourth-order valence-corrected chi connectivity index (χ4v) is 4.69. The van der Waals surface area contributed by atoms with E-state index in [2.05, 4.69) is 30.9 Å². The van der Waals surface area contributed by atoms with Crippen LogP contribution >= 0.6 is 22.6 Å². The molecule has 3 aromatic rings. The Kier molecular flexibility index (Phi) is 8.29. The molecule has 1 unspecified atom stereocenters. The van der Waals surface area contributed by atoms with Gasteiger partial charge in [-0.15, -0.1) is 0 Å². The van der Waals surface area contributed by atoms with Gasteiger partial charge >= 0.3 is 18.1 Å². The molecule has 0 spiro atoms. The van der Waals surface area contributed by atoms with Gasteiger partial charge in [-0.05, 0) is 26.0 Å². The minimum absolute atomic E-state index is 0.0372. The number of fused-ring (bicyclic) bond motifs is 2. The maximum Gasteiger partial charge on any atom is 0.329 e. The molecule has 5 N–H and O–H groups in total. The Bertz CT molecular complexity index is 1470. The number of anilines is 2. The number of alkyl halides is 1. The van der Waals surface area contributed by atoms with Crippen LogP contribution in [0.25, 0.3) is 11.2 Å². The number of para-hydroxylation sites is 1. The number of nitrogens with zero attached hydrogens (tertiary/aromatic N) is 4. The number of amides is 7. The van der Waals surface area contributed by atoms with Crippen molar-refractivity contribution in [3.8, 4) is 0 Å². The third kappa shape index (κ3) is 6.53. The van der Waals surface area contributed by atoms with E-state index >= 15 is 0 Å². The number of carbonyl (C=O) groups excluding carboxylic acids is 4. The smallest absolute Gasteiger partial charge is 0.329 e. The zero-order valence-corrected chi connectivity index (χ0v) is 23.9. The molecule has 2 fully saturated rings. The van der Waals surface area contributed by atoms with Crippen LogP contribution < -0.4 is 26.6 Å². The summed E-state index contributed by atoms with van der Waals surface area (Å²) in [5.41, 5.74) is 1.30. The summed E-state index contributed by atoms with van der Waals surface area (Å²) in [7, 11) is 0. The number of aromatic nitrogens is 4. The van der Waals surface area contributed by atoms with Crippen LogP contribution in [0.15, 0.2) is 43.0 Å². The van der Waals surface area contributed by atoms with Crippen LogP contribution in [0.1, 0.15) is 20.1 Å². The lowest BCUT2D eigenvalue weighted by Gasteiger charge is -2.25. The molecule has 0 saturated carbocycles. The maximum absolute atomic E-state index is 12.6. The average molecular weight is 679 g/mol. The molecule has 1 aromatic carbocycles. The fraction of sp³-hybridized carbons (Fsp3) is 0.375. The van der Waals surface area contributed by atoms with Gasteiger partial charge in [0.2, 0.25) is 5.91 Å². The summed E-state index contributed by atoms with van der Waals surface area (Å²) in [6.07, 6.45) is 0.163. The number of carbonyl (C=O) groups is 4. The minimum Gasteiger partial charge on any atom is -0.347 e. The highest BCUT2D eigenvalue weighted by molar-refractivity contribution is 14.1. The van der Waals surface area contributed by atoms with Gasteiger partial charge in [-0.2, -0.15) is 0 Å². The van der Waals surface area contributed by atoms with Crippen molar-refractivity contribution >= 4 is 69.3 Å². The second-order valence-corrected chi connectivity index (χ2v) is 10.2. The SMILES string of the molecule is CC1(C)OC2[C@@H](CNC(=O)NC(=O)NC(=O)CI)O[C@@H](n3cnc4c(NC(=O)Nc5ccccc5)ncnc43)[C@H]2O1. The van der Waals surface area contributed by atoms with Crippen LogP contribution in [0.5, 0.6) is 0 Å². The number of ether oxygens (including phenoxy) is 3. The molecule has 5 rings (SSSR count). The van der Waals surface area contributed by atoms with E-state index < -0.39 is 54.3 Å². The number of hydrogen-bond donors (Lipinski definition) is 5. The zero-order chi connectivity index (χ0) is 29.1. The van der Waals surface area contributed by atoms with E-state index in [4.69, 9.17) is 14.2 Å². The molecule has 2 saturated heterocycles. The molecule has 17 heteroatoms. The highest BCUT2D eigenvalue weighted by Gasteiger charge is 2.56. The van der Waals surface area contributed by atoms with E-state index in [1.807, 2.05) is 16.7 Å². The molecule has 0 radical (unpaired) electrons. The van der Waals surface area contributed by atoms with Crippen LogP contribution in [-0.2, 0) is 19.0 Å². The molecule has 7 amide bonds. The molecule has 4 atom stereocenters. The Morgan fingerprint density at radius 3 is 2.46 bits per heavy atom. The van der Waals surface area contributed by atoms with Crippen molar-refractivity contribution in [2.45, 2.75) is 44.2 Å². The van der Waals surface area contributed by atoms with E-state index in [1.165, 1.54) is 12.7 Å². The van der Waals surface area contributed by atoms with Gasteiger partial charge in [0.15, 0.2) is 29.0 Å². The first-order chi connectivity index (χ1) is 19.6. The van der Waals surface area contributed by atoms with Crippen molar-refractivity contribution in [2.24, 2.45) is 0 Å². The molecule has 16 nitrogen and oxygen atoms in total. The number of halogens is 1. The number of rotatable bonds is 6. The molecule has 216 valence electrons. The van der Waals surface area contributed by atoms with Crippen molar-refractivity contribution in [2.75, 3.05) is 21.6 Å². The predicted molar refractivity (Wildman–Crippen MR) is 151 cm³/mol. The van der Waals surface area contributed by atoms with Crippen LogP contribution in [0.3, 0.4) is 0 Å². The Hall–Kier alpha value is -3.94. The summed E-state index contributed by atoms with van der Waals surface area (Å²) in [5, 5.41) is 12.0. The lowest BCUT2D eigenvalue weighted by atomic mass is 10.1. The number of imidazole rings is 1. The van der Waals surface area contributed by atoms with E-state index in [9.17, 15) is 19.2 Å². The monoisotopic (exact) mass is 679 g/mol. The lowest BCUT2D eigenvalue weighted by molar-refractivity contribution is -0.195. The van der Waals surface area contributed by atoms with Crippen LogP contribution in [0.2, 0.25) is 0 Å². The molecule has 0 bridgehead atoms. The molecular weight excluding hydrogens is 653 g/mol. The average Bonchev–Trinajstić information content (AvgIpc) is 3.59. The largest absolute Gasteiger partial charge is 0.347 e. The van der Waals surface area contributed by atoms with Crippen molar-refractivity contribution in [1.29, 1.82) is 0 Å². The quantitative estimate of drug-likeness (QED) is 0.189. The van der Waals surface area contributed by atoms with E-state index in [1.54, 1.807) is 65.3 Å². The molecular formula is C24H26IN9O7. The summed E-state index contributed by atoms with van der Waals surface area (Å²) in [4.78, 5) is 60.8. The molecule has 2 aliphatic heterocycles. The van der Waals surface area contributed by atoms with Gasteiger partial charge in [0.25, 0.3) is 0 Å². The number of imide groups is 2. The van der Waals surface area contributed by atoms with Gasteiger partial charge in [-0.25, -0.2) is 29.3 Å². The summed E-state index contributed by atoms with van der Waals surface area (Å²) in [5.74, 6) is -1.29. The standard InChI is InChI=1S/C24H26IN9O7/c1-24(2)40-16-13(9-26-21(36)33-23(38)31-14(35)8-25)39-20(17(16)41-24)34-11-29-15-18(27-10-28-19(15)34)32-22(37)30-12-6-4-3-5-7-12/h3-7,10-11,13,16-17,20H,8-9H2,1-2H3,(H2,27,28,30,32,37)(H3,26,31,33,35,36,38)/t13-,16?,17+,20-/m1/s1. The summed E-state index contributed by atoms with van der Waals surface area (Å²) < 4.78 is 20.1.